The fraction of sp³-hybridized carbons (Fsp3) is 0.316. The highest BCUT2D eigenvalue weighted by molar-refractivity contribution is 5.66. The molecular formula is C19H22N4O3. The van der Waals surface area contributed by atoms with Crippen molar-refractivity contribution in [2.75, 3.05) is 0 Å². The van der Waals surface area contributed by atoms with Crippen LogP contribution in [-0.2, 0) is 6.61 Å². The predicted molar refractivity (Wildman–Crippen MR) is 97.7 cm³/mol. The van der Waals surface area contributed by atoms with Gasteiger partial charge in [0.15, 0.2) is 5.82 Å². The molecule has 3 N–H and O–H groups in total. The summed E-state index contributed by atoms with van der Waals surface area (Å²) >= 11 is 0. The predicted octanol–water partition coefficient (Wildman–Crippen LogP) is 3.24. The summed E-state index contributed by atoms with van der Waals surface area (Å²) in [7, 11) is 0. The van der Waals surface area contributed by atoms with Gasteiger partial charge in [-0.15, -0.1) is 5.10 Å². The number of rotatable bonds is 4. The summed E-state index contributed by atoms with van der Waals surface area (Å²) < 4.78 is 1.68. The average molecular weight is 354 g/mol. The van der Waals surface area contributed by atoms with Gasteiger partial charge in [0.2, 0.25) is 0 Å². The van der Waals surface area contributed by atoms with Crippen molar-refractivity contribution in [3.63, 3.8) is 0 Å². The van der Waals surface area contributed by atoms with Gasteiger partial charge < -0.3 is 15.5 Å². The smallest absolute Gasteiger partial charge is 0.405 e. The number of aliphatic hydroxyl groups excluding tert-OH is 1. The lowest BCUT2D eigenvalue weighted by Crippen LogP contribution is -2.35. The molecule has 0 aliphatic heterocycles. The summed E-state index contributed by atoms with van der Waals surface area (Å²) in [5, 5.41) is 25.9. The zero-order chi connectivity index (χ0) is 18.9. The van der Waals surface area contributed by atoms with E-state index in [1.165, 1.54) is 0 Å². The van der Waals surface area contributed by atoms with E-state index in [9.17, 15) is 15.0 Å². The lowest BCUT2D eigenvalue weighted by molar-refractivity contribution is 0.175. The van der Waals surface area contributed by atoms with Gasteiger partial charge in [0.25, 0.3) is 0 Å². The zero-order valence-electron chi connectivity index (χ0n) is 15.0. The Bertz CT molecular complexity index is 943. The number of nitrogens with one attached hydrogen (secondary N) is 1. The molecule has 1 atom stereocenters. The van der Waals surface area contributed by atoms with Crippen LogP contribution in [0.2, 0.25) is 0 Å². The van der Waals surface area contributed by atoms with Crippen molar-refractivity contribution in [2.24, 2.45) is 5.41 Å². The van der Waals surface area contributed by atoms with E-state index < -0.39 is 6.09 Å². The van der Waals surface area contributed by atoms with Crippen molar-refractivity contribution in [1.29, 1.82) is 0 Å². The number of carboxylic acid groups (broad SMARTS) is 1. The van der Waals surface area contributed by atoms with Crippen molar-refractivity contribution in [1.82, 2.24) is 19.9 Å². The standard InChI is InChI=1S/C19H22N4O3/c1-19(2,3)16(21-18(25)26)12-6-4-7-13(10-12)17-20-14(11-24)15-8-5-9-23(15)22-17/h4-10,16,21,24H,11H2,1-3H3,(H,25,26). The first kappa shape index (κ1) is 17.9. The monoisotopic (exact) mass is 354 g/mol. The molecule has 2 heterocycles. The molecule has 3 rings (SSSR count). The molecule has 7 heteroatoms. The highest BCUT2D eigenvalue weighted by Gasteiger charge is 2.28. The van der Waals surface area contributed by atoms with Crippen LogP contribution in [0, 0.1) is 5.41 Å². The Morgan fingerprint density at radius 1 is 1.27 bits per heavy atom. The molecule has 3 aromatic rings. The minimum absolute atomic E-state index is 0.187. The molecule has 0 aliphatic rings. The van der Waals surface area contributed by atoms with Crippen LogP contribution in [0.1, 0.15) is 38.1 Å². The number of benzene rings is 1. The molecule has 7 nitrogen and oxygen atoms in total. The third-order valence-corrected chi connectivity index (χ3v) is 4.23. The van der Waals surface area contributed by atoms with Crippen LogP contribution in [0.25, 0.3) is 16.9 Å². The fourth-order valence-electron chi connectivity index (χ4n) is 3.02. The molecule has 0 radical (unpaired) electrons. The van der Waals surface area contributed by atoms with E-state index in [1.54, 1.807) is 10.7 Å². The average Bonchev–Trinajstić information content (AvgIpc) is 3.06. The van der Waals surface area contributed by atoms with E-state index in [2.05, 4.69) is 15.4 Å². The first-order chi connectivity index (χ1) is 12.3. The molecule has 1 unspecified atom stereocenters. The van der Waals surface area contributed by atoms with Crippen LogP contribution in [-0.4, -0.2) is 30.9 Å². The summed E-state index contributed by atoms with van der Waals surface area (Å²) in [4.78, 5) is 15.7. The Hall–Kier alpha value is -2.93. The Labute approximate surface area is 151 Å². The molecule has 0 saturated heterocycles. The molecule has 0 aliphatic carbocycles. The summed E-state index contributed by atoms with van der Waals surface area (Å²) in [6, 6.07) is 10.8. The number of hydrogen-bond donors (Lipinski definition) is 3. The van der Waals surface area contributed by atoms with Crippen LogP contribution in [0.5, 0.6) is 0 Å². The minimum atomic E-state index is -1.07. The van der Waals surface area contributed by atoms with Gasteiger partial charge in [0.1, 0.15) is 0 Å². The fourth-order valence-corrected chi connectivity index (χ4v) is 3.02. The third kappa shape index (κ3) is 3.52. The number of aromatic nitrogens is 3. The third-order valence-electron chi connectivity index (χ3n) is 4.23. The Kier molecular flexibility index (Phi) is 4.65. The highest BCUT2D eigenvalue weighted by Crippen LogP contribution is 2.34. The molecule has 1 aromatic carbocycles. The molecule has 0 spiro atoms. The van der Waals surface area contributed by atoms with Gasteiger partial charge in [0.05, 0.1) is 23.9 Å². The van der Waals surface area contributed by atoms with Crippen LogP contribution in [0.15, 0.2) is 42.6 Å². The topological polar surface area (TPSA) is 99.8 Å². The molecular weight excluding hydrogens is 332 g/mol. The van der Waals surface area contributed by atoms with E-state index in [0.29, 0.717) is 11.5 Å². The normalized spacial score (nSPS) is 12.9. The summed E-state index contributed by atoms with van der Waals surface area (Å²) in [6.07, 6.45) is 0.732. The van der Waals surface area contributed by atoms with Crippen molar-refractivity contribution in [2.45, 2.75) is 33.4 Å². The van der Waals surface area contributed by atoms with Gasteiger partial charge in [0, 0.05) is 11.8 Å². The maximum absolute atomic E-state index is 11.2. The second-order valence-corrected chi connectivity index (χ2v) is 7.25. The Morgan fingerprint density at radius 2 is 2.04 bits per heavy atom. The van der Waals surface area contributed by atoms with Crippen LogP contribution >= 0.6 is 0 Å². The second kappa shape index (κ2) is 6.76. The quantitative estimate of drug-likeness (QED) is 0.668. The van der Waals surface area contributed by atoms with Gasteiger partial charge in [-0.1, -0.05) is 39.0 Å². The first-order valence-corrected chi connectivity index (χ1v) is 8.34. The van der Waals surface area contributed by atoms with Crippen LogP contribution in [0.4, 0.5) is 4.79 Å². The Morgan fingerprint density at radius 3 is 2.69 bits per heavy atom. The van der Waals surface area contributed by atoms with Crippen molar-refractivity contribution in [3.8, 4) is 11.4 Å². The minimum Gasteiger partial charge on any atom is -0.465 e. The molecule has 0 fully saturated rings. The Balaban J connectivity index is 2.08. The maximum Gasteiger partial charge on any atom is 0.405 e. The molecule has 2 aromatic heterocycles. The van der Waals surface area contributed by atoms with Crippen molar-refractivity contribution >= 4 is 11.6 Å². The van der Waals surface area contributed by atoms with Gasteiger partial charge in [-0.25, -0.2) is 14.3 Å². The lowest BCUT2D eigenvalue weighted by atomic mass is 9.82. The summed E-state index contributed by atoms with van der Waals surface area (Å²) in [6.45, 7) is 5.75. The SMILES string of the molecule is CC(C)(C)C(NC(=O)O)c1cccc(-c2nc(CO)c3cccn3n2)c1. The molecule has 26 heavy (non-hydrogen) atoms. The van der Waals surface area contributed by atoms with Gasteiger partial charge >= 0.3 is 6.09 Å². The number of amides is 1. The van der Waals surface area contributed by atoms with Crippen molar-refractivity contribution < 1.29 is 15.0 Å². The van der Waals surface area contributed by atoms with Crippen molar-refractivity contribution in [3.05, 3.63) is 53.9 Å². The van der Waals surface area contributed by atoms with E-state index in [4.69, 9.17) is 0 Å². The summed E-state index contributed by atoms with van der Waals surface area (Å²) in [5.74, 6) is 0.475. The number of hydrogen-bond acceptors (Lipinski definition) is 4. The van der Waals surface area contributed by atoms with E-state index in [0.717, 1.165) is 16.6 Å². The number of aliphatic hydroxyl groups is 1. The zero-order valence-corrected chi connectivity index (χ0v) is 15.0. The highest BCUT2D eigenvalue weighted by atomic mass is 16.4. The van der Waals surface area contributed by atoms with Crippen LogP contribution < -0.4 is 5.32 Å². The largest absolute Gasteiger partial charge is 0.465 e. The van der Waals surface area contributed by atoms with E-state index in [-0.39, 0.29) is 18.1 Å². The maximum atomic E-state index is 11.2. The molecule has 0 bridgehead atoms. The molecule has 0 saturated carbocycles. The summed E-state index contributed by atoms with van der Waals surface area (Å²) in [5.41, 5.74) is 2.58. The van der Waals surface area contributed by atoms with Gasteiger partial charge in [-0.2, -0.15) is 0 Å². The van der Waals surface area contributed by atoms with Gasteiger partial charge in [-0.05, 0) is 29.2 Å². The van der Waals surface area contributed by atoms with Gasteiger partial charge in [-0.3, -0.25) is 0 Å². The first-order valence-electron chi connectivity index (χ1n) is 8.34. The van der Waals surface area contributed by atoms with E-state index in [1.807, 2.05) is 57.2 Å². The molecule has 136 valence electrons. The molecule has 1 amide bonds. The number of fused-ring (bicyclic) bond motifs is 1. The second-order valence-electron chi connectivity index (χ2n) is 7.25. The number of carbonyl (C=O) groups is 1. The lowest BCUT2D eigenvalue weighted by Gasteiger charge is -2.31. The van der Waals surface area contributed by atoms with E-state index >= 15 is 0 Å². The number of nitrogens with zero attached hydrogens (tertiary/aromatic N) is 3. The van der Waals surface area contributed by atoms with Crippen LogP contribution in [0.3, 0.4) is 0 Å².